The normalized spacial score (nSPS) is 10.5. The first-order valence-electron chi connectivity index (χ1n) is 4.73. The summed E-state index contributed by atoms with van der Waals surface area (Å²) in [6, 6.07) is 11.0. The van der Waals surface area contributed by atoms with E-state index in [1.54, 1.807) is 6.07 Å². The molecule has 0 spiro atoms. The van der Waals surface area contributed by atoms with E-state index < -0.39 is 0 Å². The molecule has 3 heteroatoms. The van der Waals surface area contributed by atoms with Crippen molar-refractivity contribution in [2.75, 3.05) is 0 Å². The molecule has 1 aromatic heterocycles. The molecule has 0 saturated heterocycles. The van der Waals surface area contributed by atoms with Crippen molar-refractivity contribution >= 4 is 0 Å². The van der Waals surface area contributed by atoms with Gasteiger partial charge in [0.2, 0.25) is 0 Å². The minimum Gasteiger partial charge on any atom is -0.459 e. The summed E-state index contributed by atoms with van der Waals surface area (Å²) in [6.45, 7) is -0.0466. The highest BCUT2D eigenvalue weighted by molar-refractivity contribution is 5.57. The summed E-state index contributed by atoms with van der Waals surface area (Å²) in [6.07, 6.45) is 0. The van der Waals surface area contributed by atoms with Gasteiger partial charge in [-0.05, 0) is 17.7 Å². The summed E-state index contributed by atoms with van der Waals surface area (Å²) in [5, 5.41) is 17.7. The second-order valence-corrected chi connectivity index (χ2v) is 3.28. The van der Waals surface area contributed by atoms with Gasteiger partial charge in [0.15, 0.2) is 0 Å². The van der Waals surface area contributed by atoms with Crippen molar-refractivity contribution in [2.45, 2.75) is 13.2 Å². The van der Waals surface area contributed by atoms with Crippen LogP contribution in [-0.4, -0.2) is 10.2 Å². The number of rotatable bonds is 3. The smallest absolute Gasteiger partial charge is 0.134 e. The molecular formula is C12H12O3. The minimum atomic E-state index is -0.0886. The van der Waals surface area contributed by atoms with Gasteiger partial charge < -0.3 is 14.6 Å². The van der Waals surface area contributed by atoms with Crippen molar-refractivity contribution in [2.24, 2.45) is 0 Å². The van der Waals surface area contributed by atoms with Gasteiger partial charge in [-0.2, -0.15) is 0 Å². The third-order valence-corrected chi connectivity index (χ3v) is 2.24. The van der Waals surface area contributed by atoms with Gasteiger partial charge >= 0.3 is 0 Å². The maximum Gasteiger partial charge on any atom is 0.134 e. The summed E-state index contributed by atoms with van der Waals surface area (Å²) in [4.78, 5) is 0. The summed E-state index contributed by atoms with van der Waals surface area (Å²) < 4.78 is 5.38. The van der Waals surface area contributed by atoms with Crippen LogP contribution >= 0.6 is 0 Å². The molecule has 0 fully saturated rings. The number of aliphatic hydroxyl groups excluding tert-OH is 2. The van der Waals surface area contributed by atoms with Crippen LogP contribution in [0.4, 0.5) is 0 Å². The van der Waals surface area contributed by atoms with E-state index in [2.05, 4.69) is 0 Å². The number of hydrogen-bond acceptors (Lipinski definition) is 3. The van der Waals surface area contributed by atoms with Crippen LogP contribution in [0.25, 0.3) is 11.3 Å². The third-order valence-electron chi connectivity index (χ3n) is 2.24. The van der Waals surface area contributed by atoms with E-state index in [1.165, 1.54) is 0 Å². The lowest BCUT2D eigenvalue weighted by Gasteiger charge is -1.98. The topological polar surface area (TPSA) is 53.6 Å². The Kier molecular flexibility index (Phi) is 2.85. The van der Waals surface area contributed by atoms with Gasteiger partial charge in [0, 0.05) is 5.56 Å². The molecular weight excluding hydrogens is 192 g/mol. The number of benzene rings is 1. The maximum atomic E-state index is 8.88. The lowest BCUT2D eigenvalue weighted by atomic mass is 10.1. The van der Waals surface area contributed by atoms with E-state index >= 15 is 0 Å². The molecule has 1 heterocycles. The van der Waals surface area contributed by atoms with E-state index in [4.69, 9.17) is 14.6 Å². The Morgan fingerprint density at radius 3 is 2.13 bits per heavy atom. The van der Waals surface area contributed by atoms with E-state index in [-0.39, 0.29) is 13.2 Å². The molecule has 0 amide bonds. The lowest BCUT2D eigenvalue weighted by Crippen LogP contribution is -1.82. The highest BCUT2D eigenvalue weighted by Crippen LogP contribution is 2.22. The maximum absolute atomic E-state index is 8.88. The van der Waals surface area contributed by atoms with Gasteiger partial charge in [-0.1, -0.05) is 24.3 Å². The van der Waals surface area contributed by atoms with Gasteiger partial charge in [-0.3, -0.25) is 0 Å². The number of aliphatic hydroxyl groups is 2. The first-order valence-corrected chi connectivity index (χ1v) is 4.73. The molecule has 0 saturated carbocycles. The van der Waals surface area contributed by atoms with E-state index in [9.17, 15) is 0 Å². The Morgan fingerprint density at radius 2 is 1.60 bits per heavy atom. The SMILES string of the molecule is OCc1ccc(-c2ccc(CO)o2)cc1. The van der Waals surface area contributed by atoms with Gasteiger partial charge in [0.25, 0.3) is 0 Å². The van der Waals surface area contributed by atoms with Crippen LogP contribution < -0.4 is 0 Å². The van der Waals surface area contributed by atoms with E-state index in [1.807, 2.05) is 30.3 Å². The van der Waals surface area contributed by atoms with Crippen LogP contribution in [-0.2, 0) is 13.2 Å². The summed E-state index contributed by atoms with van der Waals surface area (Å²) in [7, 11) is 0. The minimum absolute atomic E-state index is 0.0420. The standard InChI is InChI=1S/C12H12O3/c13-7-9-1-3-10(4-2-9)12-6-5-11(8-14)15-12/h1-6,13-14H,7-8H2. The number of furan rings is 1. The summed E-state index contributed by atoms with van der Waals surface area (Å²) in [5.74, 6) is 1.28. The predicted molar refractivity (Wildman–Crippen MR) is 56.0 cm³/mol. The van der Waals surface area contributed by atoms with Gasteiger partial charge in [0.05, 0.1) is 6.61 Å². The monoisotopic (exact) mass is 204 g/mol. The summed E-state index contributed by atoms with van der Waals surface area (Å²) in [5.41, 5.74) is 1.81. The highest BCUT2D eigenvalue weighted by atomic mass is 16.4. The zero-order valence-electron chi connectivity index (χ0n) is 8.18. The fourth-order valence-electron chi connectivity index (χ4n) is 1.39. The van der Waals surface area contributed by atoms with Crippen molar-refractivity contribution in [1.82, 2.24) is 0 Å². The molecule has 78 valence electrons. The Bertz CT molecular complexity index is 428. The van der Waals surface area contributed by atoms with Gasteiger partial charge in [-0.15, -0.1) is 0 Å². The van der Waals surface area contributed by atoms with Gasteiger partial charge in [-0.25, -0.2) is 0 Å². The van der Waals surface area contributed by atoms with Crippen molar-refractivity contribution in [3.05, 3.63) is 47.7 Å². The van der Waals surface area contributed by atoms with E-state index in [0.717, 1.165) is 16.9 Å². The average molecular weight is 204 g/mol. The molecule has 3 nitrogen and oxygen atoms in total. The highest BCUT2D eigenvalue weighted by Gasteiger charge is 2.03. The second-order valence-electron chi connectivity index (χ2n) is 3.28. The van der Waals surface area contributed by atoms with Crippen LogP contribution in [0.3, 0.4) is 0 Å². The van der Waals surface area contributed by atoms with Crippen LogP contribution in [0, 0.1) is 0 Å². The Morgan fingerprint density at radius 1 is 0.867 bits per heavy atom. The molecule has 0 aliphatic carbocycles. The molecule has 1 aromatic carbocycles. The summed E-state index contributed by atoms with van der Waals surface area (Å²) >= 11 is 0. The second kappa shape index (κ2) is 4.29. The molecule has 0 aliphatic heterocycles. The van der Waals surface area contributed by atoms with Crippen molar-refractivity contribution in [3.63, 3.8) is 0 Å². The largest absolute Gasteiger partial charge is 0.459 e. The fraction of sp³-hybridized carbons (Fsp3) is 0.167. The Hall–Kier alpha value is -1.58. The molecule has 0 aliphatic rings. The lowest BCUT2D eigenvalue weighted by molar-refractivity contribution is 0.248. The number of hydrogen-bond donors (Lipinski definition) is 2. The molecule has 2 N–H and O–H groups in total. The molecule has 0 radical (unpaired) electrons. The van der Waals surface area contributed by atoms with Crippen LogP contribution in [0.2, 0.25) is 0 Å². The third kappa shape index (κ3) is 2.09. The van der Waals surface area contributed by atoms with Crippen molar-refractivity contribution in [3.8, 4) is 11.3 Å². The molecule has 2 aromatic rings. The quantitative estimate of drug-likeness (QED) is 0.803. The van der Waals surface area contributed by atoms with E-state index in [0.29, 0.717) is 5.76 Å². The Labute approximate surface area is 87.6 Å². The molecule has 2 rings (SSSR count). The van der Waals surface area contributed by atoms with Crippen LogP contribution in [0.1, 0.15) is 11.3 Å². The molecule has 0 bridgehead atoms. The first kappa shape index (κ1) is 9.96. The van der Waals surface area contributed by atoms with Crippen LogP contribution in [0.15, 0.2) is 40.8 Å². The zero-order chi connectivity index (χ0) is 10.7. The molecule has 0 unspecified atom stereocenters. The van der Waals surface area contributed by atoms with Crippen molar-refractivity contribution < 1.29 is 14.6 Å². The average Bonchev–Trinajstić information content (AvgIpc) is 2.78. The van der Waals surface area contributed by atoms with Crippen molar-refractivity contribution in [1.29, 1.82) is 0 Å². The fourth-order valence-corrected chi connectivity index (χ4v) is 1.39. The first-order chi connectivity index (χ1) is 7.33. The zero-order valence-corrected chi connectivity index (χ0v) is 8.18. The molecule has 15 heavy (non-hydrogen) atoms. The van der Waals surface area contributed by atoms with Gasteiger partial charge in [0.1, 0.15) is 18.1 Å². The Balaban J connectivity index is 2.28. The molecule has 0 atom stereocenters. The predicted octanol–water partition coefficient (Wildman–Crippen LogP) is 1.93. The van der Waals surface area contributed by atoms with Crippen LogP contribution in [0.5, 0.6) is 0 Å².